The SMILES string of the molecule is COc1ccccc1-c1onc(-c2cccc(Br)c2)c1CO. The van der Waals surface area contributed by atoms with Gasteiger partial charge >= 0.3 is 0 Å². The number of nitrogens with zero attached hydrogens (tertiary/aromatic N) is 1. The third-order valence-electron chi connectivity index (χ3n) is 3.40. The van der Waals surface area contributed by atoms with Crippen LogP contribution in [0.25, 0.3) is 22.6 Å². The molecule has 22 heavy (non-hydrogen) atoms. The summed E-state index contributed by atoms with van der Waals surface area (Å²) in [7, 11) is 1.60. The van der Waals surface area contributed by atoms with Crippen LogP contribution >= 0.6 is 15.9 Å². The van der Waals surface area contributed by atoms with Crippen molar-refractivity contribution in [1.29, 1.82) is 0 Å². The average molecular weight is 360 g/mol. The van der Waals surface area contributed by atoms with Crippen LogP contribution in [0.1, 0.15) is 5.56 Å². The summed E-state index contributed by atoms with van der Waals surface area (Å²) in [5.74, 6) is 1.20. The number of benzene rings is 2. The topological polar surface area (TPSA) is 55.5 Å². The summed E-state index contributed by atoms with van der Waals surface area (Å²) in [6.45, 7) is -0.168. The van der Waals surface area contributed by atoms with Gasteiger partial charge in [-0.3, -0.25) is 0 Å². The quantitative estimate of drug-likeness (QED) is 0.755. The number of hydrogen-bond donors (Lipinski definition) is 1. The summed E-state index contributed by atoms with van der Waals surface area (Å²) in [6.07, 6.45) is 0. The Bertz CT molecular complexity index is 798. The molecule has 5 heteroatoms. The summed E-state index contributed by atoms with van der Waals surface area (Å²) < 4.78 is 11.8. The van der Waals surface area contributed by atoms with Crippen LogP contribution in [-0.4, -0.2) is 17.4 Å². The Kier molecular flexibility index (Phi) is 4.27. The molecule has 1 aromatic heterocycles. The number of halogens is 1. The molecule has 0 aliphatic heterocycles. The fourth-order valence-corrected chi connectivity index (χ4v) is 2.76. The third-order valence-corrected chi connectivity index (χ3v) is 3.89. The molecule has 3 aromatic rings. The van der Waals surface area contributed by atoms with Crippen LogP contribution in [0, 0.1) is 0 Å². The lowest BCUT2D eigenvalue weighted by molar-refractivity contribution is 0.281. The van der Waals surface area contributed by atoms with Crippen LogP contribution in [0.3, 0.4) is 0 Å². The van der Waals surface area contributed by atoms with Crippen molar-refractivity contribution < 1.29 is 14.4 Å². The van der Waals surface area contributed by atoms with Gasteiger partial charge in [-0.05, 0) is 24.3 Å². The first-order chi connectivity index (χ1) is 10.7. The van der Waals surface area contributed by atoms with Crippen molar-refractivity contribution in [2.75, 3.05) is 7.11 Å². The molecule has 1 N–H and O–H groups in total. The van der Waals surface area contributed by atoms with Gasteiger partial charge in [-0.15, -0.1) is 0 Å². The van der Waals surface area contributed by atoms with Gasteiger partial charge in [-0.25, -0.2) is 0 Å². The highest BCUT2D eigenvalue weighted by Gasteiger charge is 2.20. The summed E-state index contributed by atoms with van der Waals surface area (Å²) in [5, 5.41) is 13.9. The third kappa shape index (κ3) is 2.65. The van der Waals surface area contributed by atoms with Gasteiger partial charge in [-0.2, -0.15) is 0 Å². The van der Waals surface area contributed by atoms with E-state index in [-0.39, 0.29) is 6.61 Å². The number of hydrogen-bond acceptors (Lipinski definition) is 4. The van der Waals surface area contributed by atoms with E-state index in [9.17, 15) is 5.11 Å². The summed E-state index contributed by atoms with van der Waals surface area (Å²) in [5.41, 5.74) is 2.92. The molecule has 2 aromatic carbocycles. The highest BCUT2D eigenvalue weighted by atomic mass is 79.9. The van der Waals surface area contributed by atoms with Crippen molar-refractivity contribution in [3.63, 3.8) is 0 Å². The maximum Gasteiger partial charge on any atom is 0.176 e. The van der Waals surface area contributed by atoms with Crippen molar-refractivity contribution in [3.05, 3.63) is 58.6 Å². The molecule has 0 saturated heterocycles. The fourth-order valence-electron chi connectivity index (χ4n) is 2.36. The number of aliphatic hydroxyl groups is 1. The maximum atomic E-state index is 9.79. The van der Waals surface area contributed by atoms with Crippen molar-refractivity contribution in [2.24, 2.45) is 0 Å². The molecule has 0 radical (unpaired) electrons. The molecule has 3 rings (SSSR count). The standard InChI is InChI=1S/C17H14BrNO3/c1-21-15-8-3-2-7-13(15)17-14(10-20)16(19-22-17)11-5-4-6-12(18)9-11/h2-9,20H,10H2,1H3. The van der Waals surface area contributed by atoms with Crippen molar-refractivity contribution in [3.8, 4) is 28.3 Å². The van der Waals surface area contributed by atoms with Crippen LogP contribution < -0.4 is 4.74 Å². The zero-order chi connectivity index (χ0) is 15.5. The molecule has 0 bridgehead atoms. The van der Waals surface area contributed by atoms with Gasteiger partial charge in [0.15, 0.2) is 5.76 Å². The minimum Gasteiger partial charge on any atom is -0.496 e. The lowest BCUT2D eigenvalue weighted by Crippen LogP contribution is -1.91. The summed E-state index contributed by atoms with van der Waals surface area (Å²) in [4.78, 5) is 0. The summed E-state index contributed by atoms with van der Waals surface area (Å²) in [6, 6.07) is 15.2. The monoisotopic (exact) mass is 359 g/mol. The van der Waals surface area contributed by atoms with Crippen molar-refractivity contribution in [2.45, 2.75) is 6.61 Å². The molecule has 0 fully saturated rings. The number of para-hydroxylation sites is 1. The molecule has 0 aliphatic carbocycles. The van der Waals surface area contributed by atoms with Crippen LogP contribution in [0.2, 0.25) is 0 Å². The van der Waals surface area contributed by atoms with Crippen molar-refractivity contribution in [1.82, 2.24) is 5.16 Å². The van der Waals surface area contributed by atoms with Gasteiger partial charge in [0.2, 0.25) is 0 Å². The van der Waals surface area contributed by atoms with Crippen LogP contribution in [0.5, 0.6) is 5.75 Å². The Balaban J connectivity index is 2.16. The molecule has 0 atom stereocenters. The van der Waals surface area contributed by atoms with E-state index in [0.717, 1.165) is 15.6 Å². The van der Waals surface area contributed by atoms with Gasteiger partial charge in [-0.1, -0.05) is 45.4 Å². The van der Waals surface area contributed by atoms with Crippen molar-refractivity contribution >= 4 is 15.9 Å². The minimum absolute atomic E-state index is 0.168. The minimum atomic E-state index is -0.168. The first-order valence-electron chi connectivity index (χ1n) is 6.73. The van der Waals surface area contributed by atoms with E-state index in [2.05, 4.69) is 21.1 Å². The van der Waals surface area contributed by atoms with E-state index >= 15 is 0 Å². The first-order valence-corrected chi connectivity index (χ1v) is 7.52. The summed E-state index contributed by atoms with van der Waals surface area (Å²) >= 11 is 3.44. The normalized spacial score (nSPS) is 10.7. The Labute approximate surface area is 136 Å². The zero-order valence-electron chi connectivity index (χ0n) is 11.9. The van der Waals surface area contributed by atoms with Gasteiger partial charge < -0.3 is 14.4 Å². The predicted octanol–water partition coefficient (Wildman–Crippen LogP) is 4.27. The van der Waals surface area contributed by atoms with E-state index in [0.29, 0.717) is 22.8 Å². The van der Waals surface area contributed by atoms with Gasteiger partial charge in [0.1, 0.15) is 11.4 Å². The lowest BCUT2D eigenvalue weighted by Gasteiger charge is -2.06. The van der Waals surface area contributed by atoms with E-state index in [1.807, 2.05) is 48.5 Å². The highest BCUT2D eigenvalue weighted by Crippen LogP contribution is 2.37. The smallest absolute Gasteiger partial charge is 0.176 e. The Morgan fingerprint density at radius 2 is 2.00 bits per heavy atom. The molecular weight excluding hydrogens is 346 g/mol. The molecular formula is C17H14BrNO3. The highest BCUT2D eigenvalue weighted by molar-refractivity contribution is 9.10. The number of methoxy groups -OCH3 is 1. The van der Waals surface area contributed by atoms with Gasteiger partial charge in [0, 0.05) is 10.0 Å². The molecule has 0 spiro atoms. The number of aliphatic hydroxyl groups excluding tert-OH is 1. The lowest BCUT2D eigenvalue weighted by atomic mass is 10.0. The number of ether oxygens (including phenoxy) is 1. The Morgan fingerprint density at radius 1 is 1.18 bits per heavy atom. The van der Waals surface area contributed by atoms with Crippen LogP contribution in [0.4, 0.5) is 0 Å². The van der Waals surface area contributed by atoms with E-state index < -0.39 is 0 Å². The molecule has 112 valence electrons. The Morgan fingerprint density at radius 3 is 2.73 bits per heavy atom. The largest absolute Gasteiger partial charge is 0.496 e. The molecule has 0 saturated carbocycles. The molecule has 1 heterocycles. The van der Waals surface area contributed by atoms with Gasteiger partial charge in [0.25, 0.3) is 0 Å². The second kappa shape index (κ2) is 6.34. The van der Waals surface area contributed by atoms with Crippen LogP contribution in [0.15, 0.2) is 57.5 Å². The second-order valence-corrected chi connectivity index (χ2v) is 5.62. The van der Waals surface area contributed by atoms with Crippen LogP contribution in [-0.2, 0) is 6.61 Å². The predicted molar refractivity (Wildman–Crippen MR) is 87.5 cm³/mol. The van der Waals surface area contributed by atoms with Gasteiger partial charge in [0.05, 0.1) is 24.8 Å². The fraction of sp³-hybridized carbons (Fsp3) is 0.118. The average Bonchev–Trinajstić information content (AvgIpc) is 2.98. The van der Waals surface area contributed by atoms with E-state index in [4.69, 9.17) is 9.26 Å². The molecule has 0 amide bonds. The number of aromatic nitrogens is 1. The Hall–Kier alpha value is -2.11. The van der Waals surface area contributed by atoms with E-state index in [1.165, 1.54) is 0 Å². The molecule has 0 unspecified atom stereocenters. The zero-order valence-corrected chi connectivity index (χ0v) is 13.5. The molecule has 0 aliphatic rings. The molecule has 4 nitrogen and oxygen atoms in total. The first kappa shape index (κ1) is 14.8. The van der Waals surface area contributed by atoms with E-state index in [1.54, 1.807) is 7.11 Å². The number of rotatable bonds is 4. The maximum absolute atomic E-state index is 9.79. The second-order valence-electron chi connectivity index (χ2n) is 4.71.